The molecule has 1 heterocycles. The number of unbranched alkanes of at least 4 members (excludes halogenated alkanes) is 2. The topological polar surface area (TPSA) is 231 Å². The van der Waals surface area contributed by atoms with Gasteiger partial charge in [0, 0.05) is 6.54 Å². The SMILES string of the molecule is NCCCCC(N)C(=O)NC(CC(=O)O)C(=O)N1CCCC1C(=O)NC(CCCCN)C(=O)O. The third kappa shape index (κ3) is 9.61. The number of amides is 3. The summed E-state index contributed by atoms with van der Waals surface area (Å²) < 4.78 is 0. The molecule has 1 aliphatic heterocycles. The molecule has 0 aromatic rings. The number of hydrogen-bond acceptors (Lipinski definition) is 8. The number of carbonyl (C=O) groups excluding carboxylic acids is 3. The second-order valence-corrected chi connectivity index (χ2v) is 8.42. The van der Waals surface area contributed by atoms with Gasteiger partial charge in [-0.1, -0.05) is 6.42 Å². The van der Waals surface area contributed by atoms with Crippen molar-refractivity contribution in [1.82, 2.24) is 15.5 Å². The molecule has 1 aliphatic rings. The molecule has 13 nitrogen and oxygen atoms in total. The summed E-state index contributed by atoms with van der Waals surface area (Å²) in [5.41, 5.74) is 16.7. The minimum atomic E-state index is -1.40. The van der Waals surface area contributed by atoms with Crippen LogP contribution in [0, 0.1) is 0 Å². The number of nitrogens with zero attached hydrogens (tertiary/aromatic N) is 1. The summed E-state index contributed by atoms with van der Waals surface area (Å²) >= 11 is 0. The summed E-state index contributed by atoms with van der Waals surface area (Å²) in [4.78, 5) is 62.4. The van der Waals surface area contributed by atoms with Crippen LogP contribution in [0.2, 0.25) is 0 Å². The van der Waals surface area contributed by atoms with Crippen LogP contribution in [0.3, 0.4) is 0 Å². The molecule has 0 aliphatic carbocycles. The van der Waals surface area contributed by atoms with Crippen molar-refractivity contribution in [2.45, 2.75) is 82.0 Å². The van der Waals surface area contributed by atoms with Crippen molar-refractivity contribution in [3.8, 4) is 0 Å². The number of rotatable bonds is 16. The van der Waals surface area contributed by atoms with E-state index in [0.717, 1.165) is 0 Å². The molecule has 0 bridgehead atoms. The van der Waals surface area contributed by atoms with Gasteiger partial charge in [-0.15, -0.1) is 0 Å². The van der Waals surface area contributed by atoms with Crippen LogP contribution >= 0.6 is 0 Å². The Morgan fingerprint density at radius 2 is 1.53 bits per heavy atom. The predicted octanol–water partition coefficient (Wildman–Crippen LogP) is -1.91. The van der Waals surface area contributed by atoms with Gasteiger partial charge in [0.1, 0.15) is 18.1 Å². The lowest BCUT2D eigenvalue weighted by Crippen LogP contribution is -2.57. The Balaban J connectivity index is 2.87. The zero-order valence-electron chi connectivity index (χ0n) is 19.4. The highest BCUT2D eigenvalue weighted by molar-refractivity contribution is 5.96. The molecule has 10 N–H and O–H groups in total. The first-order valence-electron chi connectivity index (χ1n) is 11.6. The average Bonchev–Trinajstić information content (AvgIpc) is 3.27. The molecule has 194 valence electrons. The van der Waals surface area contributed by atoms with E-state index in [0.29, 0.717) is 58.0 Å². The quantitative estimate of drug-likeness (QED) is 0.120. The van der Waals surface area contributed by atoms with Gasteiger partial charge in [-0.2, -0.15) is 0 Å². The lowest BCUT2D eigenvalue weighted by molar-refractivity contribution is -0.147. The molecule has 1 fully saturated rings. The second-order valence-electron chi connectivity index (χ2n) is 8.42. The van der Waals surface area contributed by atoms with Crippen LogP contribution in [0.5, 0.6) is 0 Å². The number of carboxylic acid groups (broad SMARTS) is 2. The summed E-state index contributed by atoms with van der Waals surface area (Å²) in [5.74, 6) is -4.52. The molecule has 0 saturated carbocycles. The largest absolute Gasteiger partial charge is 0.481 e. The van der Waals surface area contributed by atoms with Crippen LogP contribution in [0.4, 0.5) is 0 Å². The van der Waals surface area contributed by atoms with E-state index in [-0.39, 0.29) is 13.0 Å². The van der Waals surface area contributed by atoms with Gasteiger partial charge < -0.3 is 42.9 Å². The molecule has 0 aromatic heterocycles. The van der Waals surface area contributed by atoms with E-state index < -0.39 is 60.2 Å². The van der Waals surface area contributed by atoms with Crippen molar-refractivity contribution in [2.24, 2.45) is 17.2 Å². The molecule has 3 amide bonds. The van der Waals surface area contributed by atoms with Gasteiger partial charge in [0.25, 0.3) is 0 Å². The fourth-order valence-electron chi connectivity index (χ4n) is 3.81. The van der Waals surface area contributed by atoms with Crippen molar-refractivity contribution in [3.63, 3.8) is 0 Å². The maximum absolute atomic E-state index is 13.1. The second kappa shape index (κ2) is 15.2. The summed E-state index contributed by atoms with van der Waals surface area (Å²) in [6.45, 7) is 1.03. The highest BCUT2D eigenvalue weighted by Crippen LogP contribution is 2.20. The van der Waals surface area contributed by atoms with Gasteiger partial charge in [0.15, 0.2) is 0 Å². The van der Waals surface area contributed by atoms with Crippen LogP contribution in [-0.2, 0) is 24.0 Å². The third-order valence-corrected chi connectivity index (χ3v) is 5.70. The average molecular weight is 487 g/mol. The Morgan fingerprint density at radius 1 is 0.912 bits per heavy atom. The Kier molecular flexibility index (Phi) is 13.1. The van der Waals surface area contributed by atoms with Gasteiger partial charge in [0.05, 0.1) is 12.5 Å². The van der Waals surface area contributed by atoms with Gasteiger partial charge in [-0.25, -0.2) is 4.79 Å². The molecule has 1 rings (SSSR count). The molecule has 4 atom stereocenters. The Bertz CT molecular complexity index is 720. The van der Waals surface area contributed by atoms with E-state index in [4.69, 9.17) is 17.2 Å². The number of likely N-dealkylation sites (tertiary alicyclic amines) is 1. The first-order chi connectivity index (χ1) is 16.1. The van der Waals surface area contributed by atoms with E-state index in [1.165, 1.54) is 4.90 Å². The molecular formula is C21H38N6O7. The van der Waals surface area contributed by atoms with Crippen LogP contribution < -0.4 is 27.8 Å². The first kappa shape index (κ1) is 29.3. The number of nitrogens with one attached hydrogen (secondary N) is 2. The highest BCUT2D eigenvalue weighted by atomic mass is 16.4. The van der Waals surface area contributed by atoms with Gasteiger partial charge in [-0.05, 0) is 58.0 Å². The lowest BCUT2D eigenvalue weighted by Gasteiger charge is -2.29. The van der Waals surface area contributed by atoms with Crippen molar-refractivity contribution in [2.75, 3.05) is 19.6 Å². The van der Waals surface area contributed by atoms with Gasteiger partial charge >= 0.3 is 11.9 Å². The Labute approximate surface area is 198 Å². The Morgan fingerprint density at radius 3 is 2.09 bits per heavy atom. The van der Waals surface area contributed by atoms with Gasteiger partial charge in [-0.3, -0.25) is 19.2 Å². The molecular weight excluding hydrogens is 448 g/mol. The number of aliphatic carboxylic acids is 2. The summed E-state index contributed by atoms with van der Waals surface area (Å²) in [5, 5.41) is 23.5. The van der Waals surface area contributed by atoms with E-state index in [1.54, 1.807) is 0 Å². The van der Waals surface area contributed by atoms with Gasteiger partial charge in [0.2, 0.25) is 17.7 Å². The molecule has 0 radical (unpaired) electrons. The van der Waals surface area contributed by atoms with Crippen molar-refractivity contribution < 1.29 is 34.2 Å². The van der Waals surface area contributed by atoms with Crippen molar-refractivity contribution in [1.29, 1.82) is 0 Å². The highest BCUT2D eigenvalue weighted by Gasteiger charge is 2.39. The lowest BCUT2D eigenvalue weighted by atomic mass is 10.1. The fourth-order valence-corrected chi connectivity index (χ4v) is 3.81. The fraction of sp³-hybridized carbons (Fsp3) is 0.762. The van der Waals surface area contributed by atoms with Crippen LogP contribution in [-0.4, -0.2) is 88.6 Å². The Hall–Kier alpha value is -2.77. The summed E-state index contributed by atoms with van der Waals surface area (Å²) in [7, 11) is 0. The maximum atomic E-state index is 13.1. The van der Waals surface area contributed by atoms with Crippen molar-refractivity contribution >= 4 is 29.7 Å². The molecule has 0 aromatic carbocycles. The molecule has 34 heavy (non-hydrogen) atoms. The third-order valence-electron chi connectivity index (χ3n) is 5.70. The molecule has 0 spiro atoms. The smallest absolute Gasteiger partial charge is 0.326 e. The standard InChI is InChI=1S/C21H38N6O7/c22-9-3-1-6-13(24)18(30)26-15(12-17(28)29)20(32)27-11-5-8-16(27)19(31)25-14(21(33)34)7-2-4-10-23/h13-16H,1-12,22-24H2,(H,25,31)(H,26,30)(H,28,29)(H,33,34). The zero-order chi connectivity index (χ0) is 25.7. The minimum absolute atomic E-state index is 0.177. The van der Waals surface area contributed by atoms with E-state index in [2.05, 4.69) is 10.6 Å². The monoisotopic (exact) mass is 486 g/mol. The minimum Gasteiger partial charge on any atom is -0.481 e. The zero-order valence-corrected chi connectivity index (χ0v) is 19.4. The first-order valence-corrected chi connectivity index (χ1v) is 11.6. The number of carbonyl (C=O) groups is 5. The molecule has 1 saturated heterocycles. The number of nitrogens with two attached hydrogens (primary N) is 3. The van der Waals surface area contributed by atoms with E-state index in [1.807, 2.05) is 0 Å². The maximum Gasteiger partial charge on any atom is 0.326 e. The predicted molar refractivity (Wildman–Crippen MR) is 122 cm³/mol. The van der Waals surface area contributed by atoms with Crippen LogP contribution in [0.25, 0.3) is 0 Å². The number of hydrogen-bond donors (Lipinski definition) is 7. The van der Waals surface area contributed by atoms with E-state index in [9.17, 15) is 34.2 Å². The summed E-state index contributed by atoms with van der Waals surface area (Å²) in [6.07, 6.45) is 3.00. The summed E-state index contributed by atoms with van der Waals surface area (Å²) in [6, 6.07) is -4.43. The van der Waals surface area contributed by atoms with Crippen LogP contribution in [0.15, 0.2) is 0 Å². The number of carboxylic acids is 2. The van der Waals surface area contributed by atoms with Crippen molar-refractivity contribution in [3.05, 3.63) is 0 Å². The van der Waals surface area contributed by atoms with E-state index >= 15 is 0 Å². The van der Waals surface area contributed by atoms with Crippen LogP contribution in [0.1, 0.15) is 57.8 Å². The molecule has 4 unspecified atom stereocenters. The molecule has 13 heteroatoms. The normalized spacial score (nSPS) is 18.1.